The lowest BCUT2D eigenvalue weighted by Crippen LogP contribution is -2.37. The zero-order valence-corrected chi connectivity index (χ0v) is 12.2. The number of nitrogen functional groups attached to an aromatic ring is 1. The van der Waals surface area contributed by atoms with Crippen LogP contribution in [0.5, 0.6) is 0 Å². The van der Waals surface area contributed by atoms with Crippen molar-refractivity contribution < 1.29 is 14.3 Å². The van der Waals surface area contributed by atoms with Gasteiger partial charge in [-0.1, -0.05) is 0 Å². The quantitative estimate of drug-likeness (QED) is 0.784. The Morgan fingerprint density at radius 2 is 2.05 bits per heavy atom. The molecule has 7 heteroatoms. The largest absolute Gasteiger partial charge is 0.465 e. The first kappa shape index (κ1) is 15.7. The molecule has 1 heterocycles. The van der Waals surface area contributed by atoms with Gasteiger partial charge in [0.2, 0.25) is 5.91 Å². The summed E-state index contributed by atoms with van der Waals surface area (Å²) in [6, 6.07) is 1.50. The molecule has 7 nitrogen and oxygen atoms in total. The summed E-state index contributed by atoms with van der Waals surface area (Å²) < 4.78 is 4.72. The lowest BCUT2D eigenvalue weighted by Gasteiger charge is -2.24. The number of rotatable bonds is 5. The molecule has 0 saturated carbocycles. The molecule has 0 aliphatic carbocycles. The maximum absolute atomic E-state index is 11.8. The number of anilines is 2. The lowest BCUT2D eigenvalue weighted by atomic mass is 10.2. The number of esters is 1. The van der Waals surface area contributed by atoms with Gasteiger partial charge in [0.05, 0.1) is 25.5 Å². The molecule has 0 radical (unpaired) electrons. The van der Waals surface area contributed by atoms with E-state index in [1.165, 1.54) is 24.3 Å². The molecule has 1 aromatic rings. The number of aromatic nitrogens is 1. The monoisotopic (exact) mass is 280 g/mol. The fraction of sp³-hybridized carbons (Fsp3) is 0.462. The zero-order chi connectivity index (χ0) is 15.3. The van der Waals surface area contributed by atoms with Gasteiger partial charge in [-0.15, -0.1) is 0 Å². The van der Waals surface area contributed by atoms with Gasteiger partial charge in [-0.2, -0.15) is 0 Å². The average molecular weight is 280 g/mol. The first-order chi connectivity index (χ1) is 9.40. The Morgan fingerprint density at radius 3 is 2.55 bits per heavy atom. The SMILES string of the molecule is CCN(CC(=O)N(C)C)c1ncc(N)cc1C(=O)OC. The van der Waals surface area contributed by atoms with Crippen LogP contribution in [0.4, 0.5) is 11.5 Å². The van der Waals surface area contributed by atoms with E-state index in [2.05, 4.69) is 4.98 Å². The average Bonchev–Trinajstić information content (AvgIpc) is 2.43. The molecule has 0 saturated heterocycles. The first-order valence-corrected chi connectivity index (χ1v) is 6.19. The van der Waals surface area contributed by atoms with Gasteiger partial charge in [-0.25, -0.2) is 9.78 Å². The highest BCUT2D eigenvalue weighted by Crippen LogP contribution is 2.20. The molecule has 20 heavy (non-hydrogen) atoms. The highest BCUT2D eigenvalue weighted by Gasteiger charge is 2.20. The van der Waals surface area contributed by atoms with Gasteiger partial charge in [0.15, 0.2) is 0 Å². The zero-order valence-electron chi connectivity index (χ0n) is 12.2. The van der Waals surface area contributed by atoms with E-state index in [0.29, 0.717) is 18.1 Å². The molecule has 0 atom stereocenters. The van der Waals surface area contributed by atoms with Crippen molar-refractivity contribution in [3.8, 4) is 0 Å². The number of ether oxygens (including phenoxy) is 1. The summed E-state index contributed by atoms with van der Waals surface area (Å²) in [6.07, 6.45) is 1.45. The van der Waals surface area contributed by atoms with Crippen LogP contribution in [0.3, 0.4) is 0 Å². The fourth-order valence-corrected chi connectivity index (χ4v) is 1.63. The van der Waals surface area contributed by atoms with Crippen molar-refractivity contribution >= 4 is 23.4 Å². The minimum Gasteiger partial charge on any atom is -0.465 e. The molecule has 1 amide bonds. The Bertz CT molecular complexity index is 502. The van der Waals surface area contributed by atoms with Crippen LogP contribution in [0.2, 0.25) is 0 Å². The van der Waals surface area contributed by atoms with E-state index in [-0.39, 0.29) is 18.0 Å². The third-order valence-electron chi connectivity index (χ3n) is 2.80. The van der Waals surface area contributed by atoms with E-state index in [9.17, 15) is 9.59 Å². The summed E-state index contributed by atoms with van der Waals surface area (Å²) in [6.45, 7) is 2.53. The van der Waals surface area contributed by atoms with E-state index >= 15 is 0 Å². The van der Waals surface area contributed by atoms with Gasteiger partial charge in [-0.05, 0) is 13.0 Å². The van der Waals surface area contributed by atoms with Crippen molar-refractivity contribution in [1.82, 2.24) is 9.88 Å². The Morgan fingerprint density at radius 1 is 1.40 bits per heavy atom. The fourth-order valence-electron chi connectivity index (χ4n) is 1.63. The standard InChI is InChI=1S/C13H20N4O3/c1-5-17(8-11(18)16(2)3)12-10(13(19)20-4)6-9(14)7-15-12/h6-7H,5,8,14H2,1-4H3. The maximum Gasteiger partial charge on any atom is 0.341 e. The summed E-state index contributed by atoms with van der Waals surface area (Å²) in [4.78, 5) is 31.0. The first-order valence-electron chi connectivity index (χ1n) is 6.19. The predicted molar refractivity (Wildman–Crippen MR) is 76.6 cm³/mol. The van der Waals surface area contributed by atoms with Crippen molar-refractivity contribution in [2.45, 2.75) is 6.92 Å². The molecule has 0 unspecified atom stereocenters. The summed E-state index contributed by atoms with van der Waals surface area (Å²) in [7, 11) is 4.64. The number of hydrogen-bond acceptors (Lipinski definition) is 6. The Balaban J connectivity index is 3.14. The number of hydrogen-bond donors (Lipinski definition) is 1. The molecule has 0 aliphatic heterocycles. The Labute approximate surface area is 118 Å². The third-order valence-corrected chi connectivity index (χ3v) is 2.80. The molecule has 0 spiro atoms. The normalized spacial score (nSPS) is 10.0. The third kappa shape index (κ3) is 3.59. The van der Waals surface area contributed by atoms with Gasteiger partial charge < -0.3 is 20.3 Å². The molecule has 0 bridgehead atoms. The summed E-state index contributed by atoms with van der Waals surface area (Å²) in [5, 5.41) is 0. The number of carbonyl (C=O) groups is 2. The van der Waals surface area contributed by atoms with Gasteiger partial charge in [0.1, 0.15) is 11.4 Å². The summed E-state index contributed by atoms with van der Waals surface area (Å²) in [5.41, 5.74) is 6.26. The van der Waals surface area contributed by atoms with Crippen LogP contribution in [0.15, 0.2) is 12.3 Å². The van der Waals surface area contributed by atoms with E-state index in [0.717, 1.165) is 0 Å². The van der Waals surface area contributed by atoms with Crippen LogP contribution in [-0.4, -0.2) is 56.1 Å². The second kappa shape index (κ2) is 6.74. The highest BCUT2D eigenvalue weighted by atomic mass is 16.5. The van der Waals surface area contributed by atoms with Crippen LogP contribution in [0.25, 0.3) is 0 Å². The van der Waals surface area contributed by atoms with Crippen LogP contribution in [0.1, 0.15) is 17.3 Å². The minimum absolute atomic E-state index is 0.0821. The van der Waals surface area contributed by atoms with Crippen LogP contribution in [-0.2, 0) is 9.53 Å². The number of methoxy groups -OCH3 is 1. The molecule has 0 aliphatic rings. The number of nitrogens with two attached hydrogens (primary N) is 1. The minimum atomic E-state index is -0.532. The lowest BCUT2D eigenvalue weighted by molar-refractivity contribution is -0.127. The number of carbonyl (C=O) groups excluding carboxylic acids is 2. The molecule has 2 N–H and O–H groups in total. The van der Waals surface area contributed by atoms with Crippen LogP contribution in [0, 0.1) is 0 Å². The van der Waals surface area contributed by atoms with Crippen molar-refractivity contribution in [3.05, 3.63) is 17.8 Å². The van der Waals surface area contributed by atoms with E-state index in [4.69, 9.17) is 10.5 Å². The Hall–Kier alpha value is -2.31. The van der Waals surface area contributed by atoms with Crippen molar-refractivity contribution in [3.63, 3.8) is 0 Å². The number of amides is 1. The number of likely N-dealkylation sites (N-methyl/N-ethyl adjacent to an activating group) is 2. The van der Waals surface area contributed by atoms with E-state index < -0.39 is 5.97 Å². The maximum atomic E-state index is 11.8. The molecule has 110 valence electrons. The van der Waals surface area contributed by atoms with Gasteiger partial charge >= 0.3 is 5.97 Å². The number of pyridine rings is 1. The number of nitrogens with zero attached hydrogens (tertiary/aromatic N) is 3. The predicted octanol–water partition coefficient (Wildman–Crippen LogP) is 0.365. The van der Waals surface area contributed by atoms with E-state index in [1.807, 2.05) is 6.92 Å². The second-order valence-electron chi connectivity index (χ2n) is 4.43. The highest BCUT2D eigenvalue weighted by molar-refractivity contribution is 5.96. The smallest absolute Gasteiger partial charge is 0.341 e. The van der Waals surface area contributed by atoms with Crippen molar-refractivity contribution in [2.24, 2.45) is 0 Å². The molecule has 0 aromatic carbocycles. The topological polar surface area (TPSA) is 88.8 Å². The molecular weight excluding hydrogens is 260 g/mol. The Kier molecular flexibility index (Phi) is 5.31. The molecular formula is C13H20N4O3. The molecule has 1 aromatic heterocycles. The van der Waals surface area contributed by atoms with E-state index in [1.54, 1.807) is 19.0 Å². The van der Waals surface area contributed by atoms with Gasteiger partial charge in [0.25, 0.3) is 0 Å². The van der Waals surface area contributed by atoms with Crippen LogP contribution < -0.4 is 10.6 Å². The van der Waals surface area contributed by atoms with Gasteiger partial charge in [-0.3, -0.25) is 4.79 Å². The summed E-state index contributed by atoms with van der Waals surface area (Å²) in [5.74, 6) is -0.222. The summed E-state index contributed by atoms with van der Waals surface area (Å²) >= 11 is 0. The second-order valence-corrected chi connectivity index (χ2v) is 4.43. The molecule has 0 fully saturated rings. The van der Waals surface area contributed by atoms with Crippen molar-refractivity contribution in [2.75, 3.05) is 44.9 Å². The van der Waals surface area contributed by atoms with Crippen LogP contribution >= 0.6 is 0 Å². The van der Waals surface area contributed by atoms with Crippen molar-refractivity contribution in [1.29, 1.82) is 0 Å². The van der Waals surface area contributed by atoms with Gasteiger partial charge in [0, 0.05) is 20.6 Å². The molecule has 1 rings (SSSR count).